The van der Waals surface area contributed by atoms with Crippen LogP contribution in [0.25, 0.3) is 0 Å². The molecule has 1 atom stereocenters. The summed E-state index contributed by atoms with van der Waals surface area (Å²) in [6, 6.07) is 10.2. The second kappa shape index (κ2) is 5.66. The number of rotatable bonds is 4. The first kappa shape index (κ1) is 12.7. The molecule has 0 bridgehead atoms. The molecular formula is C13H19NO2. The molecule has 0 heterocycles. The first-order valence-corrected chi connectivity index (χ1v) is 5.32. The summed E-state index contributed by atoms with van der Waals surface area (Å²) < 4.78 is 0. The molecule has 1 aromatic rings. The van der Waals surface area contributed by atoms with Gasteiger partial charge in [-0.1, -0.05) is 51.1 Å². The maximum atomic E-state index is 4.69. The quantitative estimate of drug-likeness (QED) is 0.338. The number of hydrogen-bond acceptors (Lipinski definition) is 3. The van der Waals surface area contributed by atoms with E-state index < -0.39 is 0 Å². The zero-order chi connectivity index (χ0) is 12.0. The Hall–Kier alpha value is -1.35. The van der Waals surface area contributed by atoms with Crippen molar-refractivity contribution in [1.29, 1.82) is 0 Å². The van der Waals surface area contributed by atoms with E-state index in [0.717, 1.165) is 0 Å². The van der Waals surface area contributed by atoms with Gasteiger partial charge in [-0.15, -0.1) is 0 Å². The van der Waals surface area contributed by atoms with Crippen molar-refractivity contribution in [2.45, 2.75) is 26.8 Å². The molecule has 0 saturated carbocycles. The molecule has 1 unspecified atom stereocenters. The van der Waals surface area contributed by atoms with Gasteiger partial charge in [0, 0.05) is 0 Å². The van der Waals surface area contributed by atoms with Crippen LogP contribution in [-0.2, 0) is 9.78 Å². The van der Waals surface area contributed by atoms with Crippen molar-refractivity contribution in [2.24, 2.45) is 10.4 Å². The fourth-order valence-electron chi connectivity index (χ4n) is 1.57. The van der Waals surface area contributed by atoms with Gasteiger partial charge in [-0.25, -0.2) is 4.99 Å². The van der Waals surface area contributed by atoms with Crippen molar-refractivity contribution >= 4 is 6.40 Å². The van der Waals surface area contributed by atoms with Crippen LogP contribution in [0.5, 0.6) is 0 Å². The topological polar surface area (TPSA) is 30.8 Å². The van der Waals surface area contributed by atoms with Crippen molar-refractivity contribution in [3.63, 3.8) is 0 Å². The maximum Gasteiger partial charge on any atom is 0.215 e. The molecule has 1 aromatic carbocycles. The summed E-state index contributed by atoms with van der Waals surface area (Å²) in [6.07, 6.45) is 1.35. The standard InChI is InChI=1S/C13H19NO2/c1-13(2,3)12(14-10-16-15-4)11-8-6-5-7-9-11/h5-10,12H,1-4H3. The SMILES string of the molecule is COOC=NC(c1ccccc1)C(C)(C)C. The Morgan fingerprint density at radius 2 is 1.81 bits per heavy atom. The van der Waals surface area contributed by atoms with E-state index in [1.807, 2.05) is 18.2 Å². The van der Waals surface area contributed by atoms with Gasteiger partial charge in [0.2, 0.25) is 6.40 Å². The summed E-state index contributed by atoms with van der Waals surface area (Å²) in [5, 5.41) is 0. The highest BCUT2D eigenvalue weighted by Gasteiger charge is 2.25. The van der Waals surface area contributed by atoms with Crippen LogP contribution < -0.4 is 0 Å². The summed E-state index contributed by atoms with van der Waals surface area (Å²) in [5.74, 6) is 0. The lowest BCUT2D eigenvalue weighted by molar-refractivity contribution is -0.188. The van der Waals surface area contributed by atoms with Crippen LogP contribution in [0.1, 0.15) is 32.4 Å². The van der Waals surface area contributed by atoms with E-state index in [0.29, 0.717) is 0 Å². The van der Waals surface area contributed by atoms with Crippen LogP contribution in [0, 0.1) is 5.41 Å². The minimum Gasteiger partial charge on any atom is -0.326 e. The second-order valence-electron chi connectivity index (χ2n) is 4.70. The number of aliphatic imine (C=N–C) groups is 1. The van der Waals surface area contributed by atoms with E-state index in [-0.39, 0.29) is 11.5 Å². The highest BCUT2D eigenvalue weighted by Crippen LogP contribution is 2.35. The molecule has 0 N–H and O–H groups in total. The molecule has 0 aliphatic carbocycles. The van der Waals surface area contributed by atoms with Crippen LogP contribution in [0.3, 0.4) is 0 Å². The average Bonchev–Trinajstić information content (AvgIpc) is 2.24. The lowest BCUT2D eigenvalue weighted by Gasteiger charge is -2.27. The lowest BCUT2D eigenvalue weighted by Crippen LogP contribution is -2.17. The third kappa shape index (κ3) is 3.66. The van der Waals surface area contributed by atoms with E-state index >= 15 is 0 Å². The highest BCUT2D eigenvalue weighted by molar-refractivity contribution is 5.46. The van der Waals surface area contributed by atoms with Crippen molar-refractivity contribution in [3.05, 3.63) is 35.9 Å². The zero-order valence-electron chi connectivity index (χ0n) is 10.3. The van der Waals surface area contributed by atoms with Gasteiger partial charge in [-0.05, 0) is 11.0 Å². The first-order chi connectivity index (χ1) is 7.55. The smallest absolute Gasteiger partial charge is 0.215 e. The van der Waals surface area contributed by atoms with E-state index in [9.17, 15) is 0 Å². The predicted molar refractivity (Wildman–Crippen MR) is 65.2 cm³/mol. The van der Waals surface area contributed by atoms with Crippen LogP contribution in [0.4, 0.5) is 0 Å². The van der Waals surface area contributed by atoms with Gasteiger partial charge in [-0.3, -0.25) is 0 Å². The van der Waals surface area contributed by atoms with Crippen molar-refractivity contribution < 1.29 is 9.78 Å². The zero-order valence-corrected chi connectivity index (χ0v) is 10.3. The molecule has 0 amide bonds. The third-order valence-electron chi connectivity index (χ3n) is 2.28. The summed E-state index contributed by atoms with van der Waals surface area (Å²) >= 11 is 0. The van der Waals surface area contributed by atoms with Crippen LogP contribution in [0.15, 0.2) is 35.3 Å². The molecule has 0 radical (unpaired) electrons. The maximum absolute atomic E-state index is 4.69. The van der Waals surface area contributed by atoms with Gasteiger partial charge >= 0.3 is 0 Å². The summed E-state index contributed by atoms with van der Waals surface area (Å²) in [4.78, 5) is 13.6. The highest BCUT2D eigenvalue weighted by atomic mass is 17.2. The monoisotopic (exact) mass is 221 g/mol. The Balaban J connectivity index is 2.89. The van der Waals surface area contributed by atoms with Gasteiger partial charge in [0.1, 0.15) is 0 Å². The minimum atomic E-state index is 0.0367. The van der Waals surface area contributed by atoms with Crippen LogP contribution in [-0.4, -0.2) is 13.5 Å². The van der Waals surface area contributed by atoms with Crippen molar-refractivity contribution in [1.82, 2.24) is 0 Å². The number of nitrogens with zero attached hydrogens (tertiary/aromatic N) is 1. The molecule has 0 saturated heterocycles. The van der Waals surface area contributed by atoms with Crippen LogP contribution >= 0.6 is 0 Å². The minimum absolute atomic E-state index is 0.0367. The molecule has 0 aromatic heterocycles. The Bertz CT molecular complexity index is 328. The van der Waals surface area contributed by atoms with E-state index in [4.69, 9.17) is 0 Å². The fraction of sp³-hybridized carbons (Fsp3) is 0.462. The molecule has 1 rings (SSSR count). The molecule has 0 fully saturated rings. The molecule has 0 aliphatic heterocycles. The van der Waals surface area contributed by atoms with Crippen molar-refractivity contribution in [2.75, 3.05) is 7.11 Å². The van der Waals surface area contributed by atoms with Gasteiger partial charge in [-0.2, -0.15) is 4.89 Å². The van der Waals surface area contributed by atoms with Gasteiger partial charge in [0.05, 0.1) is 13.2 Å². The van der Waals surface area contributed by atoms with Gasteiger partial charge in [0.15, 0.2) is 0 Å². The van der Waals surface area contributed by atoms with Gasteiger partial charge in [0.25, 0.3) is 0 Å². The van der Waals surface area contributed by atoms with E-state index in [1.54, 1.807) is 0 Å². The molecule has 88 valence electrons. The average molecular weight is 221 g/mol. The van der Waals surface area contributed by atoms with E-state index in [2.05, 4.69) is 47.7 Å². The van der Waals surface area contributed by atoms with Gasteiger partial charge < -0.3 is 4.89 Å². The largest absolute Gasteiger partial charge is 0.326 e. The Morgan fingerprint density at radius 3 is 2.31 bits per heavy atom. The lowest BCUT2D eigenvalue weighted by atomic mass is 9.83. The van der Waals surface area contributed by atoms with E-state index in [1.165, 1.54) is 19.1 Å². The number of benzene rings is 1. The number of hydrogen-bond donors (Lipinski definition) is 0. The molecule has 0 aliphatic rings. The molecule has 3 nitrogen and oxygen atoms in total. The Labute approximate surface area is 97.0 Å². The second-order valence-corrected chi connectivity index (χ2v) is 4.70. The molecule has 3 heteroatoms. The van der Waals surface area contributed by atoms with Crippen molar-refractivity contribution in [3.8, 4) is 0 Å². The first-order valence-electron chi connectivity index (χ1n) is 5.32. The summed E-state index contributed by atoms with van der Waals surface area (Å²) in [5.41, 5.74) is 1.21. The molecule has 16 heavy (non-hydrogen) atoms. The fourth-order valence-corrected chi connectivity index (χ4v) is 1.57. The third-order valence-corrected chi connectivity index (χ3v) is 2.28. The van der Waals surface area contributed by atoms with Crippen LogP contribution in [0.2, 0.25) is 0 Å². The molecular weight excluding hydrogens is 202 g/mol. The Morgan fingerprint density at radius 1 is 1.19 bits per heavy atom. The molecule has 0 spiro atoms. The Kier molecular flexibility index (Phi) is 4.50. The summed E-state index contributed by atoms with van der Waals surface area (Å²) in [6.45, 7) is 6.44. The normalized spacial score (nSPS) is 14.0. The predicted octanol–water partition coefficient (Wildman–Crippen LogP) is 3.38. The summed E-state index contributed by atoms with van der Waals surface area (Å²) in [7, 11) is 1.46.